The van der Waals surface area contributed by atoms with Crippen LogP contribution in [0.5, 0.6) is 0 Å². The van der Waals surface area contributed by atoms with E-state index >= 15 is 0 Å². The quantitative estimate of drug-likeness (QED) is 0.389. The summed E-state index contributed by atoms with van der Waals surface area (Å²) in [6, 6.07) is 8.69. The van der Waals surface area contributed by atoms with Crippen LogP contribution in [-0.2, 0) is 11.8 Å². The number of amides is 1. The molecule has 3 aromatic rings. The molecule has 1 aliphatic rings. The SMILES string of the molecule is CCN(CC)c1ccc(-c2csc(C3CCN(C(=O)C=Cc4c(C)nn(C)c4Cl)CC3)n2)cc1. The van der Waals surface area contributed by atoms with Crippen LogP contribution in [0.2, 0.25) is 5.15 Å². The fourth-order valence-electron chi connectivity index (χ4n) is 4.48. The second-order valence-corrected chi connectivity index (χ2v) is 9.88. The van der Waals surface area contributed by atoms with Gasteiger partial charge >= 0.3 is 0 Å². The Kier molecular flexibility index (Phi) is 7.73. The zero-order chi connectivity index (χ0) is 24.2. The monoisotopic (exact) mass is 497 g/mol. The second-order valence-electron chi connectivity index (χ2n) is 8.64. The molecule has 1 aromatic carbocycles. The number of aromatic nitrogens is 3. The second kappa shape index (κ2) is 10.7. The maximum absolute atomic E-state index is 12.7. The molecule has 4 rings (SSSR count). The third-order valence-electron chi connectivity index (χ3n) is 6.56. The minimum absolute atomic E-state index is 0.0193. The van der Waals surface area contributed by atoms with E-state index in [1.165, 1.54) is 10.7 Å². The van der Waals surface area contributed by atoms with Gasteiger partial charge in [-0.1, -0.05) is 23.7 Å². The van der Waals surface area contributed by atoms with Crippen LogP contribution in [0.15, 0.2) is 35.7 Å². The van der Waals surface area contributed by atoms with E-state index in [9.17, 15) is 4.79 Å². The van der Waals surface area contributed by atoms with Crippen molar-refractivity contribution < 1.29 is 4.79 Å². The van der Waals surface area contributed by atoms with Crippen LogP contribution in [0.3, 0.4) is 0 Å². The number of nitrogens with zero attached hydrogens (tertiary/aromatic N) is 5. The van der Waals surface area contributed by atoms with Gasteiger partial charge in [-0.05, 0) is 51.8 Å². The molecule has 2 aromatic heterocycles. The standard InChI is InChI=1S/C26H32ClN5OS/c1-5-31(6-2)21-9-7-19(8-10-21)23-17-34-26(28-23)20-13-15-32(16-14-20)24(33)12-11-22-18(3)29-30(4)25(22)27/h7-12,17,20H,5-6,13-16H2,1-4H3. The Morgan fingerprint density at radius 3 is 2.47 bits per heavy atom. The van der Waals surface area contributed by atoms with Crippen molar-refractivity contribution >= 4 is 40.6 Å². The van der Waals surface area contributed by atoms with Gasteiger partial charge in [-0.3, -0.25) is 9.48 Å². The highest BCUT2D eigenvalue weighted by atomic mass is 35.5. The number of hydrogen-bond acceptors (Lipinski definition) is 5. The van der Waals surface area contributed by atoms with Crippen molar-refractivity contribution in [1.29, 1.82) is 0 Å². The highest BCUT2D eigenvalue weighted by Crippen LogP contribution is 2.33. The number of benzene rings is 1. The van der Waals surface area contributed by atoms with Crippen molar-refractivity contribution in [2.24, 2.45) is 7.05 Å². The van der Waals surface area contributed by atoms with Crippen LogP contribution in [-0.4, -0.2) is 51.8 Å². The Hall–Kier alpha value is -2.64. The molecule has 0 radical (unpaired) electrons. The average molecular weight is 498 g/mol. The molecular weight excluding hydrogens is 466 g/mol. The Balaban J connectivity index is 1.35. The minimum atomic E-state index is 0.0193. The number of piperidine rings is 1. The average Bonchev–Trinajstić information content (AvgIpc) is 3.44. The molecular formula is C26H32ClN5OS. The number of halogens is 1. The molecule has 1 fully saturated rings. The number of carbonyl (C=O) groups is 1. The number of thiazole rings is 1. The maximum atomic E-state index is 12.7. The van der Waals surface area contributed by atoms with Crippen molar-refractivity contribution in [2.45, 2.75) is 39.5 Å². The summed E-state index contributed by atoms with van der Waals surface area (Å²) in [5.41, 5.74) is 5.05. The summed E-state index contributed by atoms with van der Waals surface area (Å²) in [5.74, 6) is 0.419. The van der Waals surface area contributed by atoms with E-state index in [-0.39, 0.29) is 5.91 Å². The number of rotatable bonds is 7. The molecule has 0 atom stereocenters. The molecule has 1 aliphatic heterocycles. The molecule has 3 heterocycles. The Morgan fingerprint density at radius 1 is 1.21 bits per heavy atom. The van der Waals surface area contributed by atoms with Crippen molar-refractivity contribution in [3.63, 3.8) is 0 Å². The molecule has 8 heteroatoms. The van der Waals surface area contributed by atoms with Crippen LogP contribution in [0.1, 0.15) is 48.9 Å². The fraction of sp³-hybridized carbons (Fsp3) is 0.423. The van der Waals surface area contributed by atoms with Crippen LogP contribution in [0.25, 0.3) is 17.3 Å². The number of aryl methyl sites for hydroxylation is 2. The lowest BCUT2D eigenvalue weighted by atomic mass is 9.97. The first-order valence-electron chi connectivity index (χ1n) is 11.9. The van der Waals surface area contributed by atoms with Crippen LogP contribution in [0, 0.1) is 6.92 Å². The number of carbonyl (C=O) groups excluding carboxylic acids is 1. The number of hydrogen-bond donors (Lipinski definition) is 0. The molecule has 6 nitrogen and oxygen atoms in total. The first kappa shape index (κ1) is 24.5. The predicted octanol–water partition coefficient (Wildman–Crippen LogP) is 5.77. The summed E-state index contributed by atoms with van der Waals surface area (Å²) in [7, 11) is 1.80. The summed E-state index contributed by atoms with van der Waals surface area (Å²) >= 11 is 8.00. The lowest BCUT2D eigenvalue weighted by Crippen LogP contribution is -2.36. The first-order valence-corrected chi connectivity index (χ1v) is 13.1. The van der Waals surface area contributed by atoms with Gasteiger partial charge in [-0.25, -0.2) is 4.98 Å². The normalized spacial score (nSPS) is 14.8. The lowest BCUT2D eigenvalue weighted by molar-refractivity contribution is -0.126. The van der Waals surface area contributed by atoms with E-state index < -0.39 is 0 Å². The molecule has 0 unspecified atom stereocenters. The van der Waals surface area contributed by atoms with Gasteiger partial charge in [0.25, 0.3) is 0 Å². The highest BCUT2D eigenvalue weighted by molar-refractivity contribution is 7.10. The van der Waals surface area contributed by atoms with Crippen LogP contribution >= 0.6 is 22.9 Å². The van der Waals surface area contributed by atoms with E-state index in [2.05, 4.69) is 53.5 Å². The van der Waals surface area contributed by atoms with Crippen LogP contribution in [0.4, 0.5) is 5.69 Å². The van der Waals surface area contributed by atoms with Crippen molar-refractivity contribution in [1.82, 2.24) is 19.7 Å². The van der Waals surface area contributed by atoms with E-state index in [1.54, 1.807) is 35.2 Å². The first-order chi connectivity index (χ1) is 16.4. The summed E-state index contributed by atoms with van der Waals surface area (Å²) < 4.78 is 1.62. The van der Waals surface area contributed by atoms with E-state index in [1.807, 2.05) is 11.8 Å². The van der Waals surface area contributed by atoms with E-state index in [0.29, 0.717) is 11.1 Å². The maximum Gasteiger partial charge on any atom is 0.246 e. The lowest BCUT2D eigenvalue weighted by Gasteiger charge is -2.30. The Morgan fingerprint density at radius 2 is 1.88 bits per heavy atom. The summed E-state index contributed by atoms with van der Waals surface area (Å²) in [6.07, 6.45) is 5.25. The van der Waals surface area contributed by atoms with E-state index in [4.69, 9.17) is 16.6 Å². The van der Waals surface area contributed by atoms with E-state index in [0.717, 1.165) is 61.5 Å². The molecule has 0 saturated carbocycles. The summed E-state index contributed by atoms with van der Waals surface area (Å²) in [5, 5.41) is 8.16. The van der Waals surface area contributed by atoms with Crippen LogP contribution < -0.4 is 4.90 Å². The highest BCUT2D eigenvalue weighted by Gasteiger charge is 2.25. The molecule has 34 heavy (non-hydrogen) atoms. The molecule has 0 bridgehead atoms. The zero-order valence-corrected chi connectivity index (χ0v) is 21.9. The van der Waals surface area contributed by atoms with Gasteiger partial charge in [-0.15, -0.1) is 11.3 Å². The molecule has 0 aliphatic carbocycles. The topological polar surface area (TPSA) is 54.3 Å². The van der Waals surface area contributed by atoms with Gasteiger partial charge in [0.15, 0.2) is 0 Å². The van der Waals surface area contributed by atoms with Crippen molar-refractivity contribution in [2.75, 3.05) is 31.1 Å². The van der Waals surface area contributed by atoms with Crippen molar-refractivity contribution in [3.05, 3.63) is 57.1 Å². The smallest absolute Gasteiger partial charge is 0.246 e. The summed E-state index contributed by atoms with van der Waals surface area (Å²) in [4.78, 5) is 21.9. The largest absolute Gasteiger partial charge is 0.372 e. The number of anilines is 1. The fourth-order valence-corrected chi connectivity index (χ4v) is 5.72. The minimum Gasteiger partial charge on any atom is -0.372 e. The molecule has 180 valence electrons. The van der Waals surface area contributed by atoms with Gasteiger partial charge in [0.1, 0.15) is 5.15 Å². The third-order valence-corrected chi connectivity index (χ3v) is 8.01. The van der Waals surface area contributed by atoms with Gasteiger partial charge in [-0.2, -0.15) is 5.10 Å². The van der Waals surface area contributed by atoms with Gasteiger partial charge in [0, 0.05) is 67.4 Å². The molecule has 0 spiro atoms. The molecule has 1 amide bonds. The van der Waals surface area contributed by atoms with Gasteiger partial charge in [0.05, 0.1) is 16.4 Å². The van der Waals surface area contributed by atoms with Gasteiger partial charge < -0.3 is 9.80 Å². The third kappa shape index (κ3) is 5.20. The zero-order valence-electron chi connectivity index (χ0n) is 20.3. The predicted molar refractivity (Wildman–Crippen MR) is 142 cm³/mol. The van der Waals surface area contributed by atoms with Gasteiger partial charge in [0.2, 0.25) is 5.91 Å². The molecule has 0 N–H and O–H groups in total. The van der Waals surface area contributed by atoms with Crippen molar-refractivity contribution in [3.8, 4) is 11.3 Å². The molecule has 1 saturated heterocycles. The summed E-state index contributed by atoms with van der Waals surface area (Å²) in [6.45, 7) is 9.73. The number of likely N-dealkylation sites (tertiary alicyclic amines) is 1. The Labute approximate surface area is 210 Å². The Bertz CT molecular complexity index is 1150.